The Bertz CT molecular complexity index is 598. The van der Waals surface area contributed by atoms with E-state index in [4.69, 9.17) is 9.84 Å². The molecule has 0 aliphatic heterocycles. The molecule has 1 atom stereocenters. The Labute approximate surface area is 131 Å². The summed E-state index contributed by atoms with van der Waals surface area (Å²) >= 11 is 0. The van der Waals surface area contributed by atoms with Crippen molar-refractivity contribution in [1.82, 2.24) is 4.72 Å². The van der Waals surface area contributed by atoms with E-state index in [2.05, 4.69) is 4.72 Å². The van der Waals surface area contributed by atoms with Crippen molar-refractivity contribution < 1.29 is 23.1 Å². The van der Waals surface area contributed by atoms with Crippen molar-refractivity contribution in [2.75, 3.05) is 13.7 Å². The molecule has 1 aromatic rings. The Morgan fingerprint density at radius 1 is 1.36 bits per heavy atom. The van der Waals surface area contributed by atoms with Crippen LogP contribution in [0.2, 0.25) is 0 Å². The summed E-state index contributed by atoms with van der Waals surface area (Å²) < 4.78 is 31.6. The summed E-state index contributed by atoms with van der Waals surface area (Å²) in [5, 5.41) is 9.13. The number of rotatable bonds is 9. The molecule has 1 unspecified atom stereocenters. The van der Waals surface area contributed by atoms with Crippen molar-refractivity contribution >= 4 is 16.0 Å². The molecule has 2 N–H and O–H groups in total. The number of ether oxygens (including phenoxy) is 1. The molecule has 0 saturated heterocycles. The number of aliphatic carboxylic acids is 1. The Morgan fingerprint density at radius 3 is 2.59 bits per heavy atom. The highest BCUT2D eigenvalue weighted by Crippen LogP contribution is 2.15. The number of sulfonamides is 1. The van der Waals surface area contributed by atoms with E-state index in [-0.39, 0.29) is 18.2 Å². The number of carbonyl (C=O) groups is 1. The molecule has 6 nitrogen and oxygen atoms in total. The number of hydrogen-bond donors (Lipinski definition) is 2. The molecule has 0 amide bonds. The number of nitrogens with one attached hydrogen (secondary N) is 1. The van der Waals surface area contributed by atoms with Crippen molar-refractivity contribution in [2.24, 2.45) is 11.8 Å². The van der Waals surface area contributed by atoms with Gasteiger partial charge >= 0.3 is 5.97 Å². The van der Waals surface area contributed by atoms with Crippen LogP contribution in [-0.4, -0.2) is 33.1 Å². The van der Waals surface area contributed by atoms with Crippen molar-refractivity contribution in [1.29, 1.82) is 0 Å². The van der Waals surface area contributed by atoms with Crippen molar-refractivity contribution in [3.05, 3.63) is 29.8 Å². The molecule has 0 aromatic heterocycles. The Morgan fingerprint density at radius 2 is 2.05 bits per heavy atom. The minimum Gasteiger partial charge on any atom is -0.497 e. The number of benzene rings is 1. The average Bonchev–Trinajstić information content (AvgIpc) is 2.42. The lowest BCUT2D eigenvalue weighted by Crippen LogP contribution is -2.34. The fraction of sp³-hybridized carbons (Fsp3) is 0.533. The van der Waals surface area contributed by atoms with Gasteiger partial charge < -0.3 is 9.84 Å². The van der Waals surface area contributed by atoms with Gasteiger partial charge in [0.1, 0.15) is 5.75 Å². The summed E-state index contributed by atoms with van der Waals surface area (Å²) in [5.74, 6) is -1.16. The van der Waals surface area contributed by atoms with Crippen LogP contribution >= 0.6 is 0 Å². The van der Waals surface area contributed by atoms with Gasteiger partial charge in [-0.1, -0.05) is 26.0 Å². The first-order valence-corrected chi connectivity index (χ1v) is 8.72. The van der Waals surface area contributed by atoms with Gasteiger partial charge in [-0.2, -0.15) is 0 Å². The van der Waals surface area contributed by atoms with Gasteiger partial charge in [-0.05, 0) is 30.0 Å². The molecule has 124 valence electrons. The van der Waals surface area contributed by atoms with Gasteiger partial charge in [0.25, 0.3) is 0 Å². The van der Waals surface area contributed by atoms with Gasteiger partial charge in [-0.25, -0.2) is 13.1 Å². The van der Waals surface area contributed by atoms with Crippen LogP contribution in [0, 0.1) is 11.8 Å². The van der Waals surface area contributed by atoms with Gasteiger partial charge in [0, 0.05) is 6.54 Å². The number of carboxylic acids is 1. The highest BCUT2D eigenvalue weighted by molar-refractivity contribution is 7.88. The maximum absolute atomic E-state index is 12.1. The zero-order valence-electron chi connectivity index (χ0n) is 13.1. The molecule has 0 radical (unpaired) electrons. The standard InChI is InChI=1S/C15H23NO5S/c1-11(2)7-13(15(17)18)9-16-22(19,20)10-12-5-4-6-14(8-12)21-3/h4-6,8,11,13,16H,7,9-10H2,1-3H3,(H,17,18). The maximum Gasteiger partial charge on any atom is 0.307 e. The van der Waals surface area contributed by atoms with E-state index in [0.717, 1.165) is 0 Å². The third-order valence-electron chi connectivity index (χ3n) is 3.15. The molecule has 0 fully saturated rings. The summed E-state index contributed by atoms with van der Waals surface area (Å²) in [7, 11) is -2.08. The summed E-state index contributed by atoms with van der Waals surface area (Å²) in [4.78, 5) is 11.1. The van der Waals surface area contributed by atoms with E-state index < -0.39 is 21.9 Å². The molecule has 0 heterocycles. The largest absolute Gasteiger partial charge is 0.497 e. The van der Waals surface area contributed by atoms with Gasteiger partial charge in [0.15, 0.2) is 0 Å². The molecule has 0 aliphatic carbocycles. The first kappa shape index (κ1) is 18.4. The van der Waals surface area contributed by atoms with Crippen LogP contribution in [0.4, 0.5) is 0 Å². The molecular formula is C15H23NO5S. The van der Waals surface area contributed by atoms with Gasteiger partial charge in [-0.3, -0.25) is 4.79 Å². The van der Waals surface area contributed by atoms with Gasteiger partial charge in [0.2, 0.25) is 10.0 Å². The second-order valence-corrected chi connectivity index (χ2v) is 7.43. The minimum absolute atomic E-state index is 0.0974. The van der Waals surface area contributed by atoms with Crippen LogP contribution in [-0.2, 0) is 20.6 Å². The fourth-order valence-electron chi connectivity index (χ4n) is 2.10. The summed E-state index contributed by atoms with van der Waals surface area (Å²) in [6.07, 6.45) is 0.428. The molecule has 1 aromatic carbocycles. The van der Waals surface area contributed by atoms with Crippen molar-refractivity contribution in [3.8, 4) is 5.75 Å². The predicted molar refractivity (Wildman–Crippen MR) is 84.2 cm³/mol. The van der Waals surface area contributed by atoms with Crippen LogP contribution < -0.4 is 9.46 Å². The third-order valence-corrected chi connectivity index (χ3v) is 4.47. The summed E-state index contributed by atoms with van der Waals surface area (Å²) in [6.45, 7) is 3.71. The number of hydrogen-bond acceptors (Lipinski definition) is 4. The lowest BCUT2D eigenvalue weighted by atomic mass is 9.98. The van der Waals surface area contributed by atoms with Crippen molar-refractivity contribution in [2.45, 2.75) is 26.0 Å². The summed E-state index contributed by atoms with van der Waals surface area (Å²) in [6, 6.07) is 6.77. The van der Waals surface area contributed by atoms with Crippen molar-refractivity contribution in [3.63, 3.8) is 0 Å². The van der Waals surface area contributed by atoms with Crippen LogP contribution in [0.1, 0.15) is 25.8 Å². The zero-order valence-corrected chi connectivity index (χ0v) is 13.9. The minimum atomic E-state index is -3.59. The third kappa shape index (κ3) is 6.44. The second kappa shape index (κ2) is 8.14. The van der Waals surface area contributed by atoms with Crippen LogP contribution in [0.15, 0.2) is 24.3 Å². The lowest BCUT2D eigenvalue weighted by molar-refractivity contribution is -0.142. The predicted octanol–water partition coefficient (Wildman–Crippen LogP) is 1.86. The molecule has 7 heteroatoms. The van der Waals surface area contributed by atoms with Gasteiger partial charge in [0.05, 0.1) is 18.8 Å². The normalized spacial score (nSPS) is 13.1. The van der Waals surface area contributed by atoms with E-state index >= 15 is 0 Å². The second-order valence-electron chi connectivity index (χ2n) is 5.62. The SMILES string of the molecule is COc1cccc(CS(=O)(=O)NCC(CC(C)C)C(=O)O)c1. The Hall–Kier alpha value is -1.60. The molecule has 0 aliphatic rings. The number of carboxylic acid groups (broad SMARTS) is 1. The van der Waals surface area contributed by atoms with Crippen LogP contribution in [0.3, 0.4) is 0 Å². The number of methoxy groups -OCH3 is 1. The van der Waals surface area contributed by atoms with E-state index in [1.807, 2.05) is 13.8 Å². The van der Waals surface area contributed by atoms with Gasteiger partial charge in [-0.15, -0.1) is 0 Å². The zero-order chi connectivity index (χ0) is 16.8. The quantitative estimate of drug-likeness (QED) is 0.721. The van der Waals surface area contributed by atoms with E-state index in [1.54, 1.807) is 24.3 Å². The summed E-state index contributed by atoms with van der Waals surface area (Å²) in [5.41, 5.74) is 0.586. The topological polar surface area (TPSA) is 92.7 Å². The Kier molecular flexibility index (Phi) is 6.83. The average molecular weight is 329 g/mol. The van der Waals surface area contributed by atoms with E-state index in [9.17, 15) is 13.2 Å². The molecule has 0 spiro atoms. The molecular weight excluding hydrogens is 306 g/mol. The molecule has 0 bridgehead atoms. The maximum atomic E-state index is 12.1. The molecule has 22 heavy (non-hydrogen) atoms. The molecule has 0 saturated carbocycles. The molecule has 1 rings (SSSR count). The smallest absolute Gasteiger partial charge is 0.307 e. The van der Waals surface area contributed by atoms with E-state index in [1.165, 1.54) is 7.11 Å². The highest BCUT2D eigenvalue weighted by atomic mass is 32.2. The van der Waals surface area contributed by atoms with Crippen LogP contribution in [0.5, 0.6) is 5.75 Å². The van der Waals surface area contributed by atoms with E-state index in [0.29, 0.717) is 17.7 Å². The Balaban J connectivity index is 2.68. The van der Waals surface area contributed by atoms with Crippen LogP contribution in [0.25, 0.3) is 0 Å². The lowest BCUT2D eigenvalue weighted by Gasteiger charge is -2.15. The monoisotopic (exact) mass is 329 g/mol. The first-order valence-electron chi connectivity index (χ1n) is 7.06. The fourth-order valence-corrected chi connectivity index (χ4v) is 3.28. The first-order chi connectivity index (χ1) is 10.2. The highest BCUT2D eigenvalue weighted by Gasteiger charge is 2.22.